The van der Waals surface area contributed by atoms with Gasteiger partial charge in [-0.05, 0) is 62.4 Å². The van der Waals surface area contributed by atoms with Crippen molar-refractivity contribution in [1.82, 2.24) is 25.1 Å². The third-order valence-electron chi connectivity index (χ3n) is 10.2. The molecule has 9 heteroatoms. The Balaban J connectivity index is 1.23. The predicted octanol–water partition coefficient (Wildman–Crippen LogP) is 11.1. The van der Waals surface area contributed by atoms with Crippen LogP contribution in [0.4, 0.5) is 19.3 Å². The molecule has 0 radical (unpaired) electrons. The number of rotatable bonds is 15. The lowest BCUT2D eigenvalue weighted by Gasteiger charge is -2.36. The van der Waals surface area contributed by atoms with Gasteiger partial charge >= 0.3 is 6.03 Å². The van der Waals surface area contributed by atoms with Gasteiger partial charge in [0.2, 0.25) is 0 Å². The SMILES string of the molecule is CCCCCCCN(Cc1ccc(-c2ccccc2-c2nnnn2C(c2ccccc2)(c2ccccc2)c2ccccc2)cc1)C(=O)Nc1ccc(F)cc1F. The Bertz CT molecular complexity index is 2240. The molecule has 2 amide bonds. The highest BCUT2D eigenvalue weighted by Crippen LogP contribution is 2.43. The number of hydrogen-bond acceptors (Lipinski definition) is 4. The molecule has 0 spiro atoms. The maximum Gasteiger partial charge on any atom is 0.322 e. The number of hydrogen-bond donors (Lipinski definition) is 1. The Hall–Kier alpha value is -6.48. The van der Waals surface area contributed by atoms with Gasteiger partial charge in [-0.2, -0.15) is 0 Å². The second kappa shape index (κ2) is 17.8. The van der Waals surface area contributed by atoms with Gasteiger partial charge in [-0.15, -0.1) is 5.10 Å². The van der Waals surface area contributed by atoms with Gasteiger partial charge in [-0.25, -0.2) is 18.3 Å². The molecule has 56 heavy (non-hydrogen) atoms. The first-order valence-electron chi connectivity index (χ1n) is 19.1. The highest BCUT2D eigenvalue weighted by Gasteiger charge is 2.42. The highest BCUT2D eigenvalue weighted by molar-refractivity contribution is 5.89. The van der Waals surface area contributed by atoms with Crippen LogP contribution in [-0.2, 0) is 12.1 Å². The third kappa shape index (κ3) is 8.12. The quantitative estimate of drug-likeness (QED) is 0.0837. The van der Waals surface area contributed by atoms with Crippen LogP contribution in [0.15, 0.2) is 158 Å². The zero-order valence-electron chi connectivity index (χ0n) is 31.4. The van der Waals surface area contributed by atoms with E-state index in [1.54, 1.807) is 4.90 Å². The number of unbranched alkanes of at least 4 members (excludes halogenated alkanes) is 4. The van der Waals surface area contributed by atoms with E-state index in [4.69, 9.17) is 5.21 Å². The summed E-state index contributed by atoms with van der Waals surface area (Å²) in [7, 11) is 0. The minimum atomic E-state index is -0.906. The Morgan fingerprint density at radius 1 is 0.679 bits per heavy atom. The van der Waals surface area contributed by atoms with Gasteiger partial charge in [0.15, 0.2) is 5.82 Å². The Morgan fingerprint density at radius 2 is 1.25 bits per heavy atom. The lowest BCUT2D eigenvalue weighted by Crippen LogP contribution is -2.39. The van der Waals surface area contributed by atoms with E-state index >= 15 is 0 Å². The number of aromatic nitrogens is 4. The molecule has 7 rings (SSSR count). The summed E-state index contributed by atoms with van der Waals surface area (Å²) in [6.07, 6.45) is 5.13. The van der Waals surface area contributed by atoms with Crippen molar-refractivity contribution in [2.75, 3.05) is 11.9 Å². The summed E-state index contributed by atoms with van der Waals surface area (Å²) < 4.78 is 30.0. The molecule has 1 heterocycles. The molecular weight excluding hydrogens is 703 g/mol. The smallest absolute Gasteiger partial charge is 0.320 e. The normalized spacial score (nSPS) is 11.3. The molecule has 282 valence electrons. The van der Waals surface area contributed by atoms with Gasteiger partial charge in [0.1, 0.15) is 17.2 Å². The van der Waals surface area contributed by atoms with Crippen molar-refractivity contribution in [3.05, 3.63) is 192 Å². The third-order valence-corrected chi connectivity index (χ3v) is 10.2. The van der Waals surface area contributed by atoms with Gasteiger partial charge in [0.05, 0.1) is 5.69 Å². The molecule has 0 aliphatic carbocycles. The largest absolute Gasteiger partial charge is 0.322 e. The first-order chi connectivity index (χ1) is 27.5. The van der Waals surface area contributed by atoms with Crippen LogP contribution in [-0.4, -0.2) is 37.7 Å². The molecular formula is C47H44F2N6O. The van der Waals surface area contributed by atoms with Crippen LogP contribution in [0, 0.1) is 11.6 Å². The minimum Gasteiger partial charge on any atom is -0.320 e. The Labute approximate surface area is 326 Å². The van der Waals surface area contributed by atoms with Crippen molar-refractivity contribution >= 4 is 11.7 Å². The fraction of sp³-hybridized carbons (Fsp3) is 0.191. The molecule has 0 saturated heterocycles. The number of carbonyl (C=O) groups excluding carboxylic acids is 1. The van der Waals surface area contributed by atoms with E-state index < -0.39 is 23.2 Å². The van der Waals surface area contributed by atoms with Crippen molar-refractivity contribution in [3.63, 3.8) is 0 Å². The number of nitrogens with zero attached hydrogens (tertiary/aromatic N) is 5. The lowest BCUT2D eigenvalue weighted by molar-refractivity contribution is 0.207. The minimum absolute atomic E-state index is 0.0579. The second-order valence-electron chi connectivity index (χ2n) is 13.9. The van der Waals surface area contributed by atoms with E-state index in [1.807, 2.05) is 102 Å². The highest BCUT2D eigenvalue weighted by atomic mass is 19.1. The maximum atomic E-state index is 14.5. The number of tetrazole rings is 1. The van der Waals surface area contributed by atoms with Crippen LogP contribution in [0.3, 0.4) is 0 Å². The summed E-state index contributed by atoms with van der Waals surface area (Å²) in [5.74, 6) is -0.918. The molecule has 0 fully saturated rings. The number of carbonyl (C=O) groups is 1. The second-order valence-corrected chi connectivity index (χ2v) is 13.9. The van der Waals surface area contributed by atoms with Gasteiger partial charge < -0.3 is 10.2 Å². The average Bonchev–Trinajstić information content (AvgIpc) is 3.73. The molecule has 0 saturated carbocycles. The summed E-state index contributed by atoms with van der Waals surface area (Å²) in [4.78, 5) is 15.2. The number of halogens is 2. The van der Waals surface area contributed by atoms with Crippen molar-refractivity contribution in [1.29, 1.82) is 0 Å². The van der Waals surface area contributed by atoms with Gasteiger partial charge in [-0.1, -0.05) is 172 Å². The number of amides is 2. The maximum absolute atomic E-state index is 14.5. The average molecular weight is 747 g/mol. The summed E-state index contributed by atoms with van der Waals surface area (Å²) in [6, 6.07) is 49.8. The Kier molecular flexibility index (Phi) is 12.0. The van der Waals surface area contributed by atoms with E-state index in [9.17, 15) is 13.6 Å². The zero-order valence-corrected chi connectivity index (χ0v) is 31.4. The zero-order chi connectivity index (χ0) is 38.7. The molecule has 7 nitrogen and oxygen atoms in total. The molecule has 6 aromatic carbocycles. The van der Waals surface area contributed by atoms with Crippen molar-refractivity contribution in [3.8, 4) is 22.5 Å². The van der Waals surface area contributed by atoms with E-state index in [-0.39, 0.29) is 5.69 Å². The van der Waals surface area contributed by atoms with E-state index in [0.717, 1.165) is 83.2 Å². The fourth-order valence-corrected chi connectivity index (χ4v) is 7.37. The lowest BCUT2D eigenvalue weighted by atomic mass is 9.77. The molecule has 0 unspecified atom stereocenters. The number of urea groups is 1. The van der Waals surface area contributed by atoms with Crippen LogP contribution >= 0.6 is 0 Å². The monoisotopic (exact) mass is 746 g/mol. The van der Waals surface area contributed by atoms with Gasteiger partial charge in [-0.3, -0.25) is 0 Å². The summed E-state index contributed by atoms with van der Waals surface area (Å²) in [6.45, 7) is 2.97. The van der Waals surface area contributed by atoms with E-state index in [0.29, 0.717) is 18.9 Å². The first-order valence-corrected chi connectivity index (χ1v) is 19.1. The topological polar surface area (TPSA) is 75.9 Å². The summed E-state index contributed by atoms with van der Waals surface area (Å²) in [5, 5.41) is 16.4. The fourth-order valence-electron chi connectivity index (χ4n) is 7.37. The number of anilines is 1. The number of benzene rings is 6. The molecule has 0 aliphatic rings. The standard InChI is InChI=1S/C47H44F2N6O/c1-2-3-4-5-17-32-54(46(56)50-44-31-30-40(48)33-43(44)49)34-35-26-28-36(29-27-35)41-24-15-16-25-42(41)45-51-52-53-55(45)47(37-18-9-6-10-19-37,38-20-11-7-12-21-38)39-22-13-8-14-23-39/h6-16,18-31,33H,2-5,17,32,34H2,1H3,(H,50,56). The van der Waals surface area contributed by atoms with Crippen molar-refractivity contribution in [2.24, 2.45) is 0 Å². The molecule has 1 N–H and O–H groups in total. The van der Waals surface area contributed by atoms with Crippen LogP contribution in [0.1, 0.15) is 61.3 Å². The molecule has 7 aromatic rings. The van der Waals surface area contributed by atoms with Crippen molar-refractivity contribution < 1.29 is 13.6 Å². The number of nitrogens with one attached hydrogen (secondary N) is 1. The van der Waals surface area contributed by atoms with Crippen LogP contribution < -0.4 is 5.32 Å². The van der Waals surface area contributed by atoms with E-state index in [2.05, 4.69) is 65.0 Å². The molecule has 0 aliphatic heterocycles. The van der Waals surface area contributed by atoms with Crippen LogP contribution in [0.5, 0.6) is 0 Å². The van der Waals surface area contributed by atoms with Gasteiger partial charge in [0, 0.05) is 24.7 Å². The molecule has 0 bridgehead atoms. The molecule has 1 aromatic heterocycles. The predicted molar refractivity (Wildman–Crippen MR) is 218 cm³/mol. The van der Waals surface area contributed by atoms with Crippen molar-refractivity contribution in [2.45, 2.75) is 51.1 Å². The summed E-state index contributed by atoms with van der Waals surface area (Å²) in [5.41, 5.74) is 5.72. The van der Waals surface area contributed by atoms with E-state index in [1.165, 1.54) is 6.07 Å². The van der Waals surface area contributed by atoms with Crippen LogP contribution in [0.25, 0.3) is 22.5 Å². The van der Waals surface area contributed by atoms with Gasteiger partial charge in [0.25, 0.3) is 0 Å². The molecule has 0 atom stereocenters. The first kappa shape index (κ1) is 37.8. The Morgan fingerprint density at radius 3 is 1.84 bits per heavy atom. The summed E-state index contributed by atoms with van der Waals surface area (Å²) >= 11 is 0. The van der Waals surface area contributed by atoms with Crippen LogP contribution in [0.2, 0.25) is 0 Å².